The molecule has 2 aromatic rings. The average Bonchev–Trinajstić information content (AvgIpc) is 2.61. The molecule has 0 aliphatic rings. The molecule has 0 unspecified atom stereocenters. The van der Waals surface area contributed by atoms with Gasteiger partial charge in [-0.2, -0.15) is 0 Å². The summed E-state index contributed by atoms with van der Waals surface area (Å²) in [5, 5.41) is 2.86. The molecule has 1 N–H and O–H groups in total. The second-order valence-corrected chi connectivity index (χ2v) is 8.71. The predicted molar refractivity (Wildman–Crippen MR) is 105 cm³/mol. The van der Waals surface area contributed by atoms with Crippen LogP contribution in [-0.2, 0) is 16.4 Å². The number of benzene rings is 2. The van der Waals surface area contributed by atoms with Gasteiger partial charge in [0.2, 0.25) is 10.0 Å². The summed E-state index contributed by atoms with van der Waals surface area (Å²) in [6.07, 6.45) is 3.26. The van der Waals surface area contributed by atoms with E-state index in [9.17, 15) is 13.2 Å². The number of nitrogens with one attached hydrogen (secondary N) is 1. The molecule has 0 saturated heterocycles. The van der Waals surface area contributed by atoms with E-state index in [4.69, 9.17) is 11.6 Å². The second-order valence-electron chi connectivity index (χ2n) is 6.19. The lowest BCUT2D eigenvalue weighted by Crippen LogP contribution is -2.23. The number of anilines is 1. The maximum atomic E-state index is 12.5. The number of hydrogen-bond acceptors (Lipinski definition) is 3. The standard InChI is InChI=1S/C19H23ClN2O3S/c1-4-5-6-14-7-10-16(11-8-14)21-19(23)15-9-12-17(20)18(13-15)26(24,25)22(2)3/h7-13H,4-6H2,1-3H3,(H,21,23). The summed E-state index contributed by atoms with van der Waals surface area (Å²) in [7, 11) is -0.899. The quantitative estimate of drug-likeness (QED) is 0.765. The molecule has 7 heteroatoms. The van der Waals surface area contributed by atoms with Gasteiger partial charge in [-0.3, -0.25) is 4.79 Å². The van der Waals surface area contributed by atoms with Crippen LogP contribution in [0.5, 0.6) is 0 Å². The van der Waals surface area contributed by atoms with Crippen molar-refractivity contribution in [1.29, 1.82) is 0 Å². The van der Waals surface area contributed by atoms with Gasteiger partial charge in [0.1, 0.15) is 4.90 Å². The maximum Gasteiger partial charge on any atom is 0.255 e. The predicted octanol–water partition coefficient (Wildman–Crippen LogP) is 4.19. The third-order valence-electron chi connectivity index (χ3n) is 3.98. The van der Waals surface area contributed by atoms with Gasteiger partial charge < -0.3 is 5.32 Å². The van der Waals surface area contributed by atoms with Crippen LogP contribution >= 0.6 is 11.6 Å². The Bertz CT molecular complexity index is 878. The Balaban J connectivity index is 2.20. The number of halogens is 1. The lowest BCUT2D eigenvalue weighted by Gasteiger charge is -2.14. The van der Waals surface area contributed by atoms with Crippen molar-refractivity contribution < 1.29 is 13.2 Å². The first kappa shape index (κ1) is 20.4. The van der Waals surface area contributed by atoms with Crippen molar-refractivity contribution in [1.82, 2.24) is 4.31 Å². The number of hydrogen-bond donors (Lipinski definition) is 1. The van der Waals surface area contributed by atoms with Crippen LogP contribution in [0.2, 0.25) is 5.02 Å². The summed E-state index contributed by atoms with van der Waals surface area (Å²) >= 11 is 6.01. The minimum Gasteiger partial charge on any atom is -0.322 e. The maximum absolute atomic E-state index is 12.5. The van der Waals surface area contributed by atoms with Crippen molar-refractivity contribution in [2.75, 3.05) is 19.4 Å². The van der Waals surface area contributed by atoms with E-state index >= 15 is 0 Å². The Morgan fingerprint density at radius 2 is 1.77 bits per heavy atom. The SMILES string of the molecule is CCCCc1ccc(NC(=O)c2ccc(Cl)c(S(=O)(=O)N(C)C)c2)cc1. The summed E-state index contributed by atoms with van der Waals surface area (Å²) in [5.41, 5.74) is 2.10. The highest BCUT2D eigenvalue weighted by molar-refractivity contribution is 7.89. The van der Waals surface area contributed by atoms with Crippen molar-refractivity contribution in [3.05, 3.63) is 58.6 Å². The van der Waals surface area contributed by atoms with Crippen LogP contribution in [0.15, 0.2) is 47.4 Å². The van der Waals surface area contributed by atoms with Gasteiger partial charge in [0, 0.05) is 25.3 Å². The third-order valence-corrected chi connectivity index (χ3v) is 6.28. The molecule has 0 heterocycles. The molecule has 0 aromatic heterocycles. The molecule has 5 nitrogen and oxygen atoms in total. The summed E-state index contributed by atoms with van der Waals surface area (Å²) < 4.78 is 25.7. The van der Waals surface area contributed by atoms with Gasteiger partial charge in [0.15, 0.2) is 0 Å². The fourth-order valence-corrected chi connectivity index (χ4v) is 3.77. The Kier molecular flexibility index (Phi) is 6.81. The van der Waals surface area contributed by atoms with Crippen LogP contribution in [0.1, 0.15) is 35.7 Å². The van der Waals surface area contributed by atoms with Gasteiger partial charge in [-0.05, 0) is 48.7 Å². The highest BCUT2D eigenvalue weighted by atomic mass is 35.5. The van der Waals surface area contributed by atoms with E-state index in [1.165, 1.54) is 37.9 Å². The molecule has 0 fully saturated rings. The van der Waals surface area contributed by atoms with Gasteiger partial charge in [0.05, 0.1) is 5.02 Å². The molecule has 140 valence electrons. The van der Waals surface area contributed by atoms with E-state index in [-0.39, 0.29) is 15.5 Å². The number of sulfonamides is 1. The lowest BCUT2D eigenvalue weighted by atomic mass is 10.1. The molecule has 0 aliphatic carbocycles. The molecule has 0 radical (unpaired) electrons. The van der Waals surface area contributed by atoms with Crippen LogP contribution in [-0.4, -0.2) is 32.7 Å². The highest BCUT2D eigenvalue weighted by Gasteiger charge is 2.22. The summed E-state index contributed by atoms with van der Waals surface area (Å²) in [6, 6.07) is 11.9. The first-order chi connectivity index (χ1) is 12.3. The molecule has 0 spiro atoms. The van der Waals surface area contributed by atoms with Crippen LogP contribution < -0.4 is 5.32 Å². The summed E-state index contributed by atoms with van der Waals surface area (Å²) in [4.78, 5) is 12.4. The zero-order valence-corrected chi connectivity index (χ0v) is 16.7. The number of amides is 1. The lowest BCUT2D eigenvalue weighted by molar-refractivity contribution is 0.102. The van der Waals surface area contributed by atoms with Gasteiger partial charge >= 0.3 is 0 Å². The smallest absolute Gasteiger partial charge is 0.255 e. The molecule has 0 bridgehead atoms. The molecule has 1 amide bonds. The largest absolute Gasteiger partial charge is 0.322 e. The molecular weight excluding hydrogens is 372 g/mol. The van der Waals surface area contributed by atoms with E-state index in [0.29, 0.717) is 5.69 Å². The van der Waals surface area contributed by atoms with Crippen LogP contribution in [0.3, 0.4) is 0 Å². The van der Waals surface area contributed by atoms with Crippen LogP contribution in [0.4, 0.5) is 5.69 Å². The number of unbranched alkanes of at least 4 members (excludes halogenated alkanes) is 1. The first-order valence-electron chi connectivity index (χ1n) is 8.38. The zero-order chi connectivity index (χ0) is 19.3. The monoisotopic (exact) mass is 394 g/mol. The van der Waals surface area contributed by atoms with E-state index < -0.39 is 15.9 Å². The van der Waals surface area contributed by atoms with Gasteiger partial charge in [-0.25, -0.2) is 12.7 Å². The first-order valence-corrected chi connectivity index (χ1v) is 10.2. The molecular formula is C19H23ClN2O3S. The molecule has 2 aromatic carbocycles. The minimum atomic E-state index is -3.73. The number of carbonyl (C=O) groups excluding carboxylic acids is 1. The molecule has 0 saturated carbocycles. The Morgan fingerprint density at radius 1 is 1.12 bits per heavy atom. The van der Waals surface area contributed by atoms with E-state index in [1.807, 2.05) is 24.3 Å². The fraction of sp³-hybridized carbons (Fsp3) is 0.316. The molecule has 0 atom stereocenters. The summed E-state index contributed by atoms with van der Waals surface area (Å²) in [6.45, 7) is 2.14. The molecule has 26 heavy (non-hydrogen) atoms. The topological polar surface area (TPSA) is 66.5 Å². The number of carbonyl (C=O) groups is 1. The van der Waals surface area contributed by atoms with E-state index in [1.54, 1.807) is 0 Å². The summed E-state index contributed by atoms with van der Waals surface area (Å²) in [5.74, 6) is -0.391. The zero-order valence-electron chi connectivity index (χ0n) is 15.1. The second kappa shape index (κ2) is 8.66. The van der Waals surface area contributed by atoms with E-state index in [0.717, 1.165) is 23.6 Å². The third kappa shape index (κ3) is 4.84. The van der Waals surface area contributed by atoms with E-state index in [2.05, 4.69) is 12.2 Å². The van der Waals surface area contributed by atoms with Crippen molar-refractivity contribution in [2.24, 2.45) is 0 Å². The van der Waals surface area contributed by atoms with Gasteiger partial charge in [-0.15, -0.1) is 0 Å². The number of rotatable bonds is 7. The normalized spacial score (nSPS) is 11.6. The Labute approximate surface area is 160 Å². The number of aryl methyl sites for hydroxylation is 1. The highest BCUT2D eigenvalue weighted by Crippen LogP contribution is 2.25. The van der Waals surface area contributed by atoms with Crippen molar-refractivity contribution in [3.63, 3.8) is 0 Å². The Hall–Kier alpha value is -1.89. The van der Waals surface area contributed by atoms with Crippen LogP contribution in [0, 0.1) is 0 Å². The minimum absolute atomic E-state index is 0.0792. The fourth-order valence-electron chi connectivity index (χ4n) is 2.38. The van der Waals surface area contributed by atoms with Crippen molar-refractivity contribution in [3.8, 4) is 0 Å². The van der Waals surface area contributed by atoms with Gasteiger partial charge in [-0.1, -0.05) is 37.1 Å². The van der Waals surface area contributed by atoms with Crippen molar-refractivity contribution >= 4 is 33.2 Å². The number of nitrogens with zero attached hydrogens (tertiary/aromatic N) is 1. The van der Waals surface area contributed by atoms with Crippen LogP contribution in [0.25, 0.3) is 0 Å². The molecule has 0 aliphatic heterocycles. The Morgan fingerprint density at radius 3 is 2.35 bits per heavy atom. The van der Waals surface area contributed by atoms with Gasteiger partial charge in [0.25, 0.3) is 5.91 Å². The molecule has 2 rings (SSSR count). The van der Waals surface area contributed by atoms with Crippen molar-refractivity contribution in [2.45, 2.75) is 31.1 Å². The average molecular weight is 395 g/mol.